The average Bonchev–Trinajstić information content (AvgIpc) is 2.96. The van der Waals surface area contributed by atoms with Gasteiger partial charge in [0.2, 0.25) is 0 Å². The highest BCUT2D eigenvalue weighted by molar-refractivity contribution is 7.22. The van der Waals surface area contributed by atoms with E-state index in [-0.39, 0.29) is 5.69 Å². The van der Waals surface area contributed by atoms with Gasteiger partial charge in [-0.1, -0.05) is 11.3 Å². The van der Waals surface area contributed by atoms with Crippen molar-refractivity contribution in [3.8, 4) is 0 Å². The van der Waals surface area contributed by atoms with Crippen molar-refractivity contribution in [1.82, 2.24) is 10.3 Å². The van der Waals surface area contributed by atoms with Gasteiger partial charge in [-0.15, -0.1) is 0 Å². The van der Waals surface area contributed by atoms with Crippen molar-refractivity contribution in [3.05, 3.63) is 28.3 Å². The Bertz CT molecular complexity index is 651. The van der Waals surface area contributed by atoms with Gasteiger partial charge in [0.1, 0.15) is 0 Å². The first-order chi connectivity index (χ1) is 8.72. The molecule has 1 aliphatic rings. The first-order valence-electron chi connectivity index (χ1n) is 5.39. The van der Waals surface area contributed by atoms with Crippen LogP contribution in [0.2, 0.25) is 0 Å². The van der Waals surface area contributed by atoms with Crippen LogP contribution in [0.4, 0.5) is 10.8 Å². The lowest BCUT2D eigenvalue weighted by atomic mass is 10.3. The maximum Gasteiger partial charge on any atom is 0.350 e. The molecule has 8 heteroatoms. The first-order valence-corrected chi connectivity index (χ1v) is 6.21. The minimum Gasteiger partial charge on any atom is -0.274 e. The average molecular weight is 264 g/mol. The number of hydrogen-bond acceptors (Lipinski definition) is 6. The molecule has 7 nitrogen and oxygen atoms in total. The third-order valence-corrected chi connectivity index (χ3v) is 3.48. The van der Waals surface area contributed by atoms with E-state index in [2.05, 4.69) is 20.6 Å². The number of guanidine groups is 1. The van der Waals surface area contributed by atoms with Crippen molar-refractivity contribution in [1.29, 1.82) is 0 Å². The summed E-state index contributed by atoms with van der Waals surface area (Å²) in [7, 11) is 0. The Hall–Kier alpha value is -2.22. The van der Waals surface area contributed by atoms with Crippen LogP contribution in [0.15, 0.2) is 18.2 Å². The van der Waals surface area contributed by atoms with Gasteiger partial charge in [0.05, 0.1) is 28.2 Å². The first kappa shape index (κ1) is 10.9. The van der Waals surface area contributed by atoms with Crippen molar-refractivity contribution >= 4 is 38.3 Å². The van der Waals surface area contributed by atoms with Crippen LogP contribution in [-0.2, 0) is 0 Å². The summed E-state index contributed by atoms with van der Waals surface area (Å²) < 4.78 is 0.797. The lowest BCUT2D eigenvalue weighted by Gasteiger charge is -1.92. The van der Waals surface area contributed by atoms with Crippen LogP contribution < -0.4 is 15.6 Å². The van der Waals surface area contributed by atoms with Gasteiger partial charge in [-0.05, 0) is 6.07 Å². The van der Waals surface area contributed by atoms with Crippen molar-refractivity contribution in [3.63, 3.8) is 0 Å². The van der Waals surface area contributed by atoms with Gasteiger partial charge >= 0.3 is 5.96 Å². The van der Waals surface area contributed by atoms with Crippen LogP contribution in [0.25, 0.3) is 10.2 Å². The summed E-state index contributed by atoms with van der Waals surface area (Å²) in [5, 5.41) is 17.6. The zero-order valence-electron chi connectivity index (χ0n) is 9.27. The molecule has 0 spiro atoms. The molecule has 18 heavy (non-hydrogen) atoms. The third-order valence-electron chi connectivity index (χ3n) is 2.54. The quantitative estimate of drug-likeness (QED) is 0.509. The van der Waals surface area contributed by atoms with Gasteiger partial charge in [0.15, 0.2) is 0 Å². The molecule has 0 bridgehead atoms. The van der Waals surface area contributed by atoms with Crippen molar-refractivity contribution in [2.45, 2.75) is 0 Å². The minimum absolute atomic E-state index is 0.0856. The molecule has 1 aromatic carbocycles. The van der Waals surface area contributed by atoms with Gasteiger partial charge < -0.3 is 0 Å². The van der Waals surface area contributed by atoms with E-state index in [4.69, 9.17) is 0 Å². The number of hydrogen-bond donors (Lipinski definition) is 3. The lowest BCUT2D eigenvalue weighted by molar-refractivity contribution is -0.444. The van der Waals surface area contributed by atoms with Gasteiger partial charge in [-0.3, -0.25) is 20.4 Å². The molecule has 3 rings (SSSR count). The number of nitrogens with one attached hydrogen (secondary N) is 3. The molecule has 1 aromatic heterocycles. The zero-order valence-corrected chi connectivity index (χ0v) is 10.1. The molecule has 3 N–H and O–H groups in total. The SMILES string of the molecule is O=[N+]([O-])c1ccc2nc(NC3=[NH+]CCN3)sc2c1. The maximum atomic E-state index is 10.7. The molecule has 92 valence electrons. The van der Waals surface area contributed by atoms with E-state index in [0.717, 1.165) is 29.3 Å². The van der Waals surface area contributed by atoms with E-state index in [1.807, 2.05) is 0 Å². The second kappa shape index (κ2) is 4.22. The fourth-order valence-electron chi connectivity index (χ4n) is 1.71. The predicted molar refractivity (Wildman–Crippen MR) is 68.7 cm³/mol. The molecule has 0 fully saturated rings. The summed E-state index contributed by atoms with van der Waals surface area (Å²) in [6.45, 7) is 1.75. The van der Waals surface area contributed by atoms with Crippen LogP contribution >= 0.6 is 11.3 Å². The zero-order chi connectivity index (χ0) is 12.5. The Kier molecular flexibility index (Phi) is 2.56. The van der Waals surface area contributed by atoms with Gasteiger partial charge in [-0.2, -0.15) is 0 Å². The topological polar surface area (TPSA) is 94.1 Å². The molecule has 0 atom stereocenters. The van der Waals surface area contributed by atoms with Crippen molar-refractivity contribution < 1.29 is 9.92 Å². The molecular weight excluding hydrogens is 254 g/mol. The fraction of sp³-hybridized carbons (Fsp3) is 0.200. The Morgan fingerprint density at radius 1 is 1.56 bits per heavy atom. The second-order valence-corrected chi connectivity index (χ2v) is 4.81. The van der Waals surface area contributed by atoms with E-state index in [9.17, 15) is 10.1 Å². The molecule has 0 radical (unpaired) electrons. The standard InChI is InChI=1S/C10H9N5O2S/c16-15(17)6-1-2-7-8(5-6)18-10(13-7)14-9-11-3-4-12-9/h1-2,5H,3-4H2,(H2,11,12,13,14)/p+1. The summed E-state index contributed by atoms with van der Waals surface area (Å²) in [6, 6.07) is 4.67. The number of anilines is 1. The number of fused-ring (bicyclic) bond motifs is 1. The Morgan fingerprint density at radius 3 is 3.17 bits per heavy atom. The monoisotopic (exact) mass is 264 g/mol. The Labute approximate surface area is 106 Å². The summed E-state index contributed by atoms with van der Waals surface area (Å²) in [6.07, 6.45) is 0. The van der Waals surface area contributed by atoms with Gasteiger partial charge in [-0.25, -0.2) is 10.3 Å². The fourth-order valence-corrected chi connectivity index (χ4v) is 2.62. The van der Waals surface area contributed by atoms with Crippen LogP contribution in [0.1, 0.15) is 0 Å². The van der Waals surface area contributed by atoms with Crippen LogP contribution in [0.3, 0.4) is 0 Å². The van der Waals surface area contributed by atoms with Crippen molar-refractivity contribution in [2.75, 3.05) is 18.4 Å². The molecule has 1 aliphatic heterocycles. The molecular formula is C10H10N5O2S+. The van der Waals surface area contributed by atoms with Crippen LogP contribution in [0, 0.1) is 10.1 Å². The van der Waals surface area contributed by atoms with Crippen LogP contribution in [0.5, 0.6) is 0 Å². The number of rotatable bonds is 2. The minimum atomic E-state index is -0.402. The second-order valence-electron chi connectivity index (χ2n) is 3.78. The van der Waals surface area contributed by atoms with Gasteiger partial charge in [0, 0.05) is 12.1 Å². The Balaban J connectivity index is 1.92. The molecule has 0 saturated heterocycles. The van der Waals surface area contributed by atoms with Crippen molar-refractivity contribution in [2.24, 2.45) is 0 Å². The number of nitrogens with zero attached hydrogens (tertiary/aromatic N) is 2. The number of benzene rings is 1. The van der Waals surface area contributed by atoms with E-state index in [1.54, 1.807) is 12.1 Å². The highest BCUT2D eigenvalue weighted by Crippen LogP contribution is 2.28. The van der Waals surface area contributed by atoms with E-state index in [1.165, 1.54) is 17.4 Å². The highest BCUT2D eigenvalue weighted by Gasteiger charge is 2.16. The molecule has 2 heterocycles. The number of non-ortho nitro benzene ring substituents is 1. The van der Waals surface area contributed by atoms with E-state index in [0.29, 0.717) is 5.13 Å². The summed E-state index contributed by atoms with van der Waals surface area (Å²) in [5.41, 5.74) is 0.842. The van der Waals surface area contributed by atoms with Crippen LogP contribution in [-0.4, -0.2) is 29.0 Å². The largest absolute Gasteiger partial charge is 0.350 e. The van der Waals surface area contributed by atoms with Gasteiger partial charge in [0.25, 0.3) is 10.8 Å². The summed E-state index contributed by atoms with van der Waals surface area (Å²) in [4.78, 5) is 17.8. The Morgan fingerprint density at radius 2 is 2.44 bits per heavy atom. The van der Waals surface area contributed by atoms with E-state index < -0.39 is 4.92 Å². The van der Waals surface area contributed by atoms with E-state index >= 15 is 0 Å². The number of aromatic nitrogens is 1. The maximum absolute atomic E-state index is 10.7. The number of nitro benzene ring substituents is 1. The highest BCUT2D eigenvalue weighted by atomic mass is 32.1. The third kappa shape index (κ3) is 1.97. The smallest absolute Gasteiger partial charge is 0.274 e. The summed E-state index contributed by atoms with van der Waals surface area (Å²) in [5.74, 6) is 0.823. The molecule has 0 aliphatic carbocycles. The predicted octanol–water partition coefficient (Wildman–Crippen LogP) is -0.344. The molecule has 0 unspecified atom stereocenters. The molecule has 0 amide bonds. The number of thiazole rings is 1. The molecule has 2 aromatic rings. The number of nitro groups is 1. The molecule has 0 saturated carbocycles. The lowest BCUT2D eigenvalue weighted by Crippen LogP contribution is -2.72. The normalized spacial score (nSPS) is 14.3. The summed E-state index contributed by atoms with van der Waals surface area (Å²) >= 11 is 1.39.